The van der Waals surface area contributed by atoms with Gasteiger partial charge in [0.1, 0.15) is 0 Å². The van der Waals surface area contributed by atoms with Gasteiger partial charge in [-0.3, -0.25) is 4.98 Å². The third-order valence-electron chi connectivity index (χ3n) is 1.82. The van der Waals surface area contributed by atoms with Crippen LogP contribution < -0.4 is 0 Å². The van der Waals surface area contributed by atoms with Gasteiger partial charge in [-0.05, 0) is 18.2 Å². The van der Waals surface area contributed by atoms with Crippen molar-refractivity contribution in [3.63, 3.8) is 0 Å². The van der Waals surface area contributed by atoms with Gasteiger partial charge in [0.25, 0.3) is 0 Å². The maximum atomic E-state index is 10.6. The molecule has 0 unspecified atom stereocenters. The van der Waals surface area contributed by atoms with Crippen molar-refractivity contribution in [2.75, 3.05) is 0 Å². The van der Waals surface area contributed by atoms with Gasteiger partial charge in [0.2, 0.25) is 5.82 Å². The summed E-state index contributed by atoms with van der Waals surface area (Å²) in [5.74, 6) is -1.34. The van der Waals surface area contributed by atoms with Gasteiger partial charge >= 0.3 is 5.97 Å². The second kappa shape index (κ2) is 3.83. The van der Waals surface area contributed by atoms with Crippen LogP contribution in [0.25, 0.3) is 11.3 Å². The van der Waals surface area contributed by atoms with Gasteiger partial charge in [-0.1, -0.05) is 0 Å². The van der Waals surface area contributed by atoms with Gasteiger partial charge < -0.3 is 5.11 Å². The fourth-order valence-electron chi connectivity index (χ4n) is 1.15. The van der Waals surface area contributed by atoms with E-state index in [0.29, 0.717) is 5.69 Å². The lowest BCUT2D eigenvalue weighted by Gasteiger charge is -1.99. The molecule has 0 radical (unpaired) electrons. The number of aromatic nitrogens is 3. The molecular formula is C10H7N3O2. The molecule has 15 heavy (non-hydrogen) atoms. The Hall–Kier alpha value is -2.30. The van der Waals surface area contributed by atoms with Crippen molar-refractivity contribution in [2.24, 2.45) is 0 Å². The van der Waals surface area contributed by atoms with E-state index in [1.54, 1.807) is 30.6 Å². The van der Waals surface area contributed by atoms with Crippen LogP contribution in [0.2, 0.25) is 0 Å². The summed E-state index contributed by atoms with van der Waals surface area (Å²) in [6, 6.07) is 5.17. The molecule has 0 aliphatic rings. The van der Waals surface area contributed by atoms with Crippen molar-refractivity contribution >= 4 is 5.97 Å². The second-order valence-corrected chi connectivity index (χ2v) is 2.81. The number of hydrogen-bond acceptors (Lipinski definition) is 4. The molecular weight excluding hydrogens is 194 g/mol. The van der Waals surface area contributed by atoms with Gasteiger partial charge in [0.15, 0.2) is 0 Å². The highest BCUT2D eigenvalue weighted by Gasteiger charge is 2.07. The van der Waals surface area contributed by atoms with E-state index in [1.165, 1.54) is 6.20 Å². The standard InChI is InChI=1S/C10H7N3O2/c14-10(15)9-12-6-3-8(13-9)7-1-4-11-5-2-7/h1-6H,(H,14,15). The summed E-state index contributed by atoms with van der Waals surface area (Å²) in [6.45, 7) is 0. The molecule has 0 saturated heterocycles. The van der Waals surface area contributed by atoms with Crippen LogP contribution in [-0.2, 0) is 0 Å². The van der Waals surface area contributed by atoms with Crippen molar-refractivity contribution in [3.8, 4) is 11.3 Å². The molecule has 0 aliphatic heterocycles. The Bertz CT molecular complexity index is 485. The van der Waals surface area contributed by atoms with E-state index in [2.05, 4.69) is 15.0 Å². The molecule has 74 valence electrons. The molecule has 0 fully saturated rings. The average Bonchev–Trinajstić information content (AvgIpc) is 2.30. The first-order valence-corrected chi connectivity index (χ1v) is 4.24. The first-order chi connectivity index (χ1) is 7.27. The molecule has 0 saturated carbocycles. The van der Waals surface area contributed by atoms with Crippen LogP contribution in [0.1, 0.15) is 10.6 Å². The predicted octanol–water partition coefficient (Wildman–Crippen LogP) is 1.24. The van der Waals surface area contributed by atoms with Crippen LogP contribution in [0, 0.1) is 0 Å². The maximum absolute atomic E-state index is 10.6. The Labute approximate surface area is 85.5 Å². The molecule has 2 heterocycles. The SMILES string of the molecule is O=C(O)c1nccc(-c2ccncc2)n1. The van der Waals surface area contributed by atoms with E-state index in [1.807, 2.05) is 0 Å². The monoisotopic (exact) mass is 201 g/mol. The first-order valence-electron chi connectivity index (χ1n) is 4.24. The Balaban J connectivity index is 2.46. The summed E-state index contributed by atoms with van der Waals surface area (Å²) < 4.78 is 0. The number of rotatable bonds is 2. The molecule has 0 amide bonds. The molecule has 0 bridgehead atoms. The first kappa shape index (κ1) is 9.26. The third kappa shape index (κ3) is 1.96. The van der Waals surface area contributed by atoms with Crippen LogP contribution in [-0.4, -0.2) is 26.0 Å². The largest absolute Gasteiger partial charge is 0.475 e. The minimum Gasteiger partial charge on any atom is -0.475 e. The van der Waals surface area contributed by atoms with Gasteiger partial charge in [0, 0.05) is 24.2 Å². The highest BCUT2D eigenvalue weighted by atomic mass is 16.4. The summed E-state index contributed by atoms with van der Waals surface area (Å²) in [6.07, 6.45) is 4.67. The zero-order chi connectivity index (χ0) is 10.7. The molecule has 0 aliphatic carbocycles. The van der Waals surface area contributed by atoms with Gasteiger partial charge in [-0.15, -0.1) is 0 Å². The average molecular weight is 201 g/mol. The third-order valence-corrected chi connectivity index (χ3v) is 1.82. The zero-order valence-corrected chi connectivity index (χ0v) is 7.66. The number of carboxylic acid groups (broad SMARTS) is 1. The molecule has 2 aromatic heterocycles. The van der Waals surface area contributed by atoms with Crippen LogP contribution in [0.4, 0.5) is 0 Å². The molecule has 2 rings (SSSR count). The number of aromatic carboxylic acids is 1. The Morgan fingerprint density at radius 3 is 2.53 bits per heavy atom. The summed E-state index contributed by atoms with van der Waals surface area (Å²) in [5, 5.41) is 8.72. The number of carboxylic acids is 1. The Morgan fingerprint density at radius 2 is 1.87 bits per heavy atom. The molecule has 5 heteroatoms. The Morgan fingerprint density at radius 1 is 1.13 bits per heavy atom. The summed E-state index contributed by atoms with van der Waals surface area (Å²) in [4.78, 5) is 22.1. The quantitative estimate of drug-likeness (QED) is 0.790. The van der Waals surface area contributed by atoms with E-state index in [4.69, 9.17) is 5.11 Å². The maximum Gasteiger partial charge on any atom is 0.373 e. The highest BCUT2D eigenvalue weighted by Crippen LogP contribution is 2.14. The lowest BCUT2D eigenvalue weighted by molar-refractivity contribution is 0.0683. The predicted molar refractivity (Wildman–Crippen MR) is 52.2 cm³/mol. The minimum absolute atomic E-state index is 0.204. The minimum atomic E-state index is -1.13. The van der Waals surface area contributed by atoms with Crippen molar-refractivity contribution < 1.29 is 9.90 Å². The van der Waals surface area contributed by atoms with Crippen molar-refractivity contribution in [2.45, 2.75) is 0 Å². The van der Waals surface area contributed by atoms with E-state index in [9.17, 15) is 4.79 Å². The topological polar surface area (TPSA) is 76.0 Å². The zero-order valence-electron chi connectivity index (χ0n) is 7.66. The molecule has 0 aromatic carbocycles. The summed E-state index contributed by atoms with van der Waals surface area (Å²) in [5.41, 5.74) is 1.39. The van der Waals surface area contributed by atoms with Crippen LogP contribution in [0.5, 0.6) is 0 Å². The van der Waals surface area contributed by atoms with E-state index in [0.717, 1.165) is 5.56 Å². The van der Waals surface area contributed by atoms with E-state index < -0.39 is 5.97 Å². The van der Waals surface area contributed by atoms with Crippen LogP contribution in [0.15, 0.2) is 36.8 Å². The molecule has 0 atom stereocenters. The number of carbonyl (C=O) groups is 1. The molecule has 2 aromatic rings. The molecule has 1 N–H and O–H groups in total. The van der Waals surface area contributed by atoms with Crippen molar-refractivity contribution in [1.82, 2.24) is 15.0 Å². The second-order valence-electron chi connectivity index (χ2n) is 2.81. The number of pyridine rings is 1. The lowest BCUT2D eigenvalue weighted by Crippen LogP contribution is -2.04. The summed E-state index contributed by atoms with van der Waals surface area (Å²) >= 11 is 0. The smallest absolute Gasteiger partial charge is 0.373 e. The number of nitrogens with zero attached hydrogens (tertiary/aromatic N) is 3. The molecule has 5 nitrogen and oxygen atoms in total. The molecule has 0 spiro atoms. The fraction of sp³-hybridized carbons (Fsp3) is 0. The fourth-order valence-corrected chi connectivity index (χ4v) is 1.15. The lowest BCUT2D eigenvalue weighted by atomic mass is 10.2. The Kier molecular flexibility index (Phi) is 2.37. The van der Waals surface area contributed by atoms with Gasteiger partial charge in [0.05, 0.1) is 5.69 Å². The normalized spacial score (nSPS) is 9.87. The van der Waals surface area contributed by atoms with Gasteiger partial charge in [-0.2, -0.15) is 0 Å². The van der Waals surface area contributed by atoms with Crippen molar-refractivity contribution in [3.05, 3.63) is 42.6 Å². The van der Waals surface area contributed by atoms with Crippen LogP contribution in [0.3, 0.4) is 0 Å². The van der Waals surface area contributed by atoms with Gasteiger partial charge in [-0.25, -0.2) is 14.8 Å². The van der Waals surface area contributed by atoms with Crippen LogP contribution >= 0.6 is 0 Å². The van der Waals surface area contributed by atoms with E-state index in [-0.39, 0.29) is 5.82 Å². The highest BCUT2D eigenvalue weighted by molar-refractivity contribution is 5.83. The number of hydrogen-bond donors (Lipinski definition) is 1. The summed E-state index contributed by atoms with van der Waals surface area (Å²) in [7, 11) is 0. The van der Waals surface area contributed by atoms with E-state index >= 15 is 0 Å². The van der Waals surface area contributed by atoms with Crippen molar-refractivity contribution in [1.29, 1.82) is 0 Å².